The zero-order valence-electron chi connectivity index (χ0n) is 18.5. The SMILES string of the molecule is CCC(C(=O)Nc1cc(O)c(NC(=O)c2cc(Cl)c(C)c(Cl)c2)cc1Cl)S(=O)(=O)c1cccnc1. The van der Waals surface area contributed by atoms with Crippen molar-refractivity contribution in [2.75, 3.05) is 10.6 Å². The van der Waals surface area contributed by atoms with Crippen LogP contribution in [-0.4, -0.2) is 35.6 Å². The molecule has 0 saturated heterocycles. The highest BCUT2D eigenvalue weighted by Crippen LogP contribution is 2.35. The number of nitrogens with one attached hydrogen (secondary N) is 2. The van der Waals surface area contributed by atoms with Crippen LogP contribution < -0.4 is 10.6 Å². The fourth-order valence-electron chi connectivity index (χ4n) is 3.17. The van der Waals surface area contributed by atoms with Gasteiger partial charge in [-0.25, -0.2) is 8.42 Å². The van der Waals surface area contributed by atoms with Crippen molar-refractivity contribution in [3.63, 3.8) is 0 Å². The van der Waals surface area contributed by atoms with Crippen LogP contribution >= 0.6 is 34.8 Å². The van der Waals surface area contributed by atoms with Crippen LogP contribution in [0.2, 0.25) is 15.1 Å². The number of nitrogens with zero attached hydrogens (tertiary/aromatic N) is 1. The smallest absolute Gasteiger partial charge is 0.255 e. The van der Waals surface area contributed by atoms with Crippen LogP contribution in [0.3, 0.4) is 0 Å². The van der Waals surface area contributed by atoms with E-state index in [4.69, 9.17) is 34.8 Å². The van der Waals surface area contributed by atoms with Gasteiger partial charge in [-0.3, -0.25) is 14.6 Å². The summed E-state index contributed by atoms with van der Waals surface area (Å²) in [6, 6.07) is 7.99. The third-order valence-electron chi connectivity index (χ3n) is 5.14. The molecule has 0 aliphatic heterocycles. The Labute approximate surface area is 217 Å². The zero-order chi connectivity index (χ0) is 25.9. The number of phenols is 1. The van der Waals surface area contributed by atoms with Crippen molar-refractivity contribution >= 4 is 67.8 Å². The first-order valence-corrected chi connectivity index (χ1v) is 12.9. The lowest BCUT2D eigenvalue weighted by molar-refractivity contribution is -0.115. The first-order valence-electron chi connectivity index (χ1n) is 10.2. The van der Waals surface area contributed by atoms with E-state index in [1.54, 1.807) is 13.8 Å². The Bertz CT molecular complexity index is 1380. The van der Waals surface area contributed by atoms with E-state index in [0.717, 1.165) is 12.3 Å². The van der Waals surface area contributed by atoms with Gasteiger partial charge < -0.3 is 15.7 Å². The minimum Gasteiger partial charge on any atom is -0.506 e. The first-order chi connectivity index (χ1) is 16.4. The summed E-state index contributed by atoms with van der Waals surface area (Å²) >= 11 is 18.4. The van der Waals surface area contributed by atoms with Gasteiger partial charge in [-0.15, -0.1) is 0 Å². The van der Waals surface area contributed by atoms with Crippen LogP contribution in [0.1, 0.15) is 29.3 Å². The predicted octanol–water partition coefficient (Wildman–Crippen LogP) is 5.50. The number of rotatable bonds is 7. The number of carbonyl (C=O) groups excluding carboxylic acids is 2. The third kappa shape index (κ3) is 5.87. The Hall–Kier alpha value is -2.85. The number of pyridine rings is 1. The summed E-state index contributed by atoms with van der Waals surface area (Å²) in [7, 11) is -4.02. The average Bonchev–Trinajstić information content (AvgIpc) is 2.81. The quantitative estimate of drug-likeness (QED) is 0.330. The second kappa shape index (κ2) is 10.8. The molecule has 2 aromatic carbocycles. The molecule has 8 nitrogen and oxygen atoms in total. The number of carbonyl (C=O) groups is 2. The number of halogens is 3. The summed E-state index contributed by atoms with van der Waals surface area (Å²) in [6.07, 6.45) is 2.57. The van der Waals surface area contributed by atoms with Crippen LogP contribution in [0, 0.1) is 6.92 Å². The van der Waals surface area contributed by atoms with Crippen molar-refractivity contribution in [1.29, 1.82) is 0 Å². The van der Waals surface area contributed by atoms with Gasteiger partial charge >= 0.3 is 0 Å². The van der Waals surface area contributed by atoms with Gasteiger partial charge in [0, 0.05) is 34.1 Å². The Morgan fingerprint density at radius 3 is 2.26 bits per heavy atom. The molecule has 2 amide bonds. The minimum atomic E-state index is -4.02. The number of hydrogen-bond donors (Lipinski definition) is 3. The Balaban J connectivity index is 1.82. The van der Waals surface area contributed by atoms with Crippen molar-refractivity contribution < 1.29 is 23.1 Å². The molecule has 1 heterocycles. The van der Waals surface area contributed by atoms with Gasteiger partial charge in [0.15, 0.2) is 9.84 Å². The van der Waals surface area contributed by atoms with Crippen LogP contribution in [0.25, 0.3) is 0 Å². The number of phenolic OH excluding ortho intramolecular Hbond substituents is 1. The minimum absolute atomic E-state index is 0.0114. The van der Waals surface area contributed by atoms with Crippen LogP contribution in [-0.2, 0) is 14.6 Å². The van der Waals surface area contributed by atoms with Gasteiger partial charge in [-0.05, 0) is 49.2 Å². The molecule has 1 atom stereocenters. The number of aromatic hydroxyl groups is 1. The molecule has 0 radical (unpaired) electrons. The fraction of sp³-hybridized carbons (Fsp3) is 0.174. The van der Waals surface area contributed by atoms with E-state index in [1.807, 2.05) is 0 Å². The van der Waals surface area contributed by atoms with Crippen LogP contribution in [0.15, 0.2) is 53.7 Å². The number of sulfone groups is 1. The van der Waals surface area contributed by atoms with Gasteiger partial charge in [0.25, 0.3) is 5.91 Å². The molecule has 12 heteroatoms. The molecule has 35 heavy (non-hydrogen) atoms. The largest absolute Gasteiger partial charge is 0.506 e. The maximum atomic E-state index is 12.9. The fourth-order valence-corrected chi connectivity index (χ4v) is 5.45. The van der Waals surface area contributed by atoms with Crippen molar-refractivity contribution in [3.8, 4) is 5.75 Å². The molecule has 3 aromatic rings. The summed E-state index contributed by atoms with van der Waals surface area (Å²) < 4.78 is 25.8. The molecule has 3 rings (SSSR count). The van der Waals surface area contributed by atoms with E-state index in [-0.39, 0.29) is 33.3 Å². The molecule has 0 fully saturated rings. The number of amides is 2. The summed E-state index contributed by atoms with van der Waals surface area (Å²) in [6.45, 7) is 3.26. The maximum absolute atomic E-state index is 12.9. The zero-order valence-corrected chi connectivity index (χ0v) is 21.6. The monoisotopic (exact) mass is 555 g/mol. The molecule has 0 aliphatic rings. The molecule has 3 N–H and O–H groups in total. The molecular weight excluding hydrogens is 537 g/mol. The predicted molar refractivity (Wildman–Crippen MR) is 136 cm³/mol. The molecule has 0 bridgehead atoms. The number of hydrogen-bond acceptors (Lipinski definition) is 6. The standard InChI is InChI=1S/C23H20Cl3N3O5S/c1-3-21(35(33,34)14-5-4-6-27-11-14)23(32)28-18-10-20(30)19(9-17(18)26)29-22(31)13-7-15(24)12(2)16(25)8-13/h4-11,21,30H,3H2,1-2H3,(H,28,32)(H,29,31). The topological polar surface area (TPSA) is 125 Å². The molecule has 0 aliphatic carbocycles. The van der Waals surface area contributed by atoms with Crippen molar-refractivity contribution in [2.24, 2.45) is 0 Å². The number of anilines is 2. The highest BCUT2D eigenvalue weighted by Gasteiger charge is 2.33. The average molecular weight is 557 g/mol. The Morgan fingerprint density at radius 1 is 1.03 bits per heavy atom. The van der Waals surface area contributed by atoms with E-state index >= 15 is 0 Å². The first kappa shape index (κ1) is 26.7. The van der Waals surface area contributed by atoms with E-state index < -0.39 is 32.7 Å². The van der Waals surface area contributed by atoms with Crippen LogP contribution in [0.4, 0.5) is 11.4 Å². The highest BCUT2D eigenvalue weighted by molar-refractivity contribution is 7.92. The van der Waals surface area contributed by atoms with E-state index in [2.05, 4.69) is 15.6 Å². The molecule has 1 aromatic heterocycles. The number of aromatic nitrogens is 1. The summed E-state index contributed by atoms with van der Waals surface area (Å²) in [5, 5.41) is 14.5. The molecular formula is C23H20Cl3N3O5S. The van der Waals surface area contributed by atoms with Gasteiger partial charge in [0.05, 0.1) is 21.3 Å². The lowest BCUT2D eigenvalue weighted by atomic mass is 10.1. The summed E-state index contributed by atoms with van der Waals surface area (Å²) in [4.78, 5) is 29.1. The van der Waals surface area contributed by atoms with Crippen molar-refractivity contribution in [3.05, 3.63) is 75.0 Å². The number of benzene rings is 2. The summed E-state index contributed by atoms with van der Waals surface area (Å²) in [5.41, 5.74) is 0.700. The Morgan fingerprint density at radius 2 is 1.69 bits per heavy atom. The molecule has 184 valence electrons. The lowest BCUT2D eigenvalue weighted by Gasteiger charge is -2.17. The normalized spacial score (nSPS) is 12.1. The highest BCUT2D eigenvalue weighted by atomic mass is 35.5. The lowest BCUT2D eigenvalue weighted by Crippen LogP contribution is -2.34. The molecule has 1 unspecified atom stereocenters. The van der Waals surface area contributed by atoms with E-state index in [9.17, 15) is 23.1 Å². The van der Waals surface area contributed by atoms with Gasteiger partial charge in [0.2, 0.25) is 5.91 Å². The summed E-state index contributed by atoms with van der Waals surface area (Å²) in [5.74, 6) is -1.85. The third-order valence-corrected chi connectivity index (χ3v) is 8.43. The van der Waals surface area contributed by atoms with Gasteiger partial charge in [0.1, 0.15) is 11.0 Å². The van der Waals surface area contributed by atoms with Gasteiger partial charge in [-0.1, -0.05) is 41.7 Å². The van der Waals surface area contributed by atoms with Crippen molar-refractivity contribution in [2.45, 2.75) is 30.4 Å². The molecule has 0 spiro atoms. The van der Waals surface area contributed by atoms with Gasteiger partial charge in [-0.2, -0.15) is 0 Å². The van der Waals surface area contributed by atoms with E-state index in [1.165, 1.54) is 36.5 Å². The van der Waals surface area contributed by atoms with Crippen molar-refractivity contribution in [1.82, 2.24) is 4.98 Å². The second-order valence-corrected chi connectivity index (χ2v) is 10.8. The second-order valence-electron chi connectivity index (χ2n) is 7.49. The van der Waals surface area contributed by atoms with Crippen LogP contribution in [0.5, 0.6) is 5.75 Å². The molecule has 0 saturated carbocycles. The Kier molecular flexibility index (Phi) is 8.27. The van der Waals surface area contributed by atoms with E-state index in [0.29, 0.717) is 15.6 Å². The maximum Gasteiger partial charge on any atom is 0.255 e.